The van der Waals surface area contributed by atoms with Crippen molar-refractivity contribution < 1.29 is 8.78 Å². The van der Waals surface area contributed by atoms with Crippen LogP contribution in [0, 0.1) is 23.0 Å². The van der Waals surface area contributed by atoms with Gasteiger partial charge in [-0.05, 0) is 36.0 Å². The molecule has 1 unspecified atom stereocenters. The van der Waals surface area contributed by atoms with Gasteiger partial charge in [-0.15, -0.1) is 0 Å². The molecular formula is C15H23F2N. The van der Waals surface area contributed by atoms with Crippen LogP contribution < -0.4 is 5.32 Å². The Morgan fingerprint density at radius 2 is 1.72 bits per heavy atom. The molecule has 18 heavy (non-hydrogen) atoms. The molecule has 0 saturated heterocycles. The Hall–Kier alpha value is -0.960. The van der Waals surface area contributed by atoms with Crippen LogP contribution in [0.25, 0.3) is 0 Å². The highest BCUT2D eigenvalue weighted by molar-refractivity contribution is 5.20. The zero-order valence-electron chi connectivity index (χ0n) is 11.8. The van der Waals surface area contributed by atoms with Crippen molar-refractivity contribution in [2.24, 2.45) is 11.3 Å². The van der Waals surface area contributed by atoms with Crippen molar-refractivity contribution >= 4 is 0 Å². The fraction of sp³-hybridized carbons (Fsp3) is 0.600. The van der Waals surface area contributed by atoms with Crippen LogP contribution in [-0.4, -0.2) is 6.54 Å². The number of hydrogen-bond donors (Lipinski definition) is 1. The molecule has 0 aromatic heterocycles. The first-order chi connectivity index (χ1) is 8.24. The second-order valence-electron chi connectivity index (χ2n) is 5.92. The predicted molar refractivity (Wildman–Crippen MR) is 71.4 cm³/mol. The SMILES string of the molecule is CC(NCC(C)(C)C(C)C)c1ccc(F)c(F)c1. The van der Waals surface area contributed by atoms with Crippen molar-refractivity contribution in [3.63, 3.8) is 0 Å². The molecule has 0 fully saturated rings. The van der Waals surface area contributed by atoms with Crippen LogP contribution in [0.15, 0.2) is 18.2 Å². The maximum Gasteiger partial charge on any atom is 0.159 e. The third kappa shape index (κ3) is 3.77. The molecule has 1 nitrogen and oxygen atoms in total. The first-order valence-electron chi connectivity index (χ1n) is 6.42. The molecule has 1 atom stereocenters. The van der Waals surface area contributed by atoms with Gasteiger partial charge in [-0.1, -0.05) is 33.8 Å². The monoisotopic (exact) mass is 255 g/mol. The second-order valence-corrected chi connectivity index (χ2v) is 5.92. The number of hydrogen-bond acceptors (Lipinski definition) is 1. The summed E-state index contributed by atoms with van der Waals surface area (Å²) in [7, 11) is 0. The molecule has 1 aromatic rings. The number of benzene rings is 1. The number of nitrogens with one attached hydrogen (secondary N) is 1. The number of rotatable bonds is 5. The fourth-order valence-electron chi connectivity index (χ4n) is 1.52. The van der Waals surface area contributed by atoms with Gasteiger partial charge in [-0.3, -0.25) is 0 Å². The first kappa shape index (κ1) is 15.1. The van der Waals surface area contributed by atoms with Gasteiger partial charge in [0.2, 0.25) is 0 Å². The summed E-state index contributed by atoms with van der Waals surface area (Å²) in [5.41, 5.74) is 0.945. The topological polar surface area (TPSA) is 12.0 Å². The zero-order valence-corrected chi connectivity index (χ0v) is 11.8. The Labute approximate surface area is 109 Å². The van der Waals surface area contributed by atoms with Gasteiger partial charge in [0.05, 0.1) is 0 Å². The lowest BCUT2D eigenvalue weighted by molar-refractivity contribution is 0.230. The molecular weight excluding hydrogens is 232 g/mol. The normalized spacial score (nSPS) is 14.0. The maximum atomic E-state index is 13.1. The molecule has 0 spiro atoms. The summed E-state index contributed by atoms with van der Waals surface area (Å²) in [6, 6.07) is 4.07. The van der Waals surface area contributed by atoms with Gasteiger partial charge >= 0.3 is 0 Å². The highest BCUT2D eigenvalue weighted by Gasteiger charge is 2.22. The van der Waals surface area contributed by atoms with Gasteiger partial charge in [0.15, 0.2) is 11.6 Å². The van der Waals surface area contributed by atoms with Crippen LogP contribution in [0.3, 0.4) is 0 Å². The summed E-state index contributed by atoms with van der Waals surface area (Å²) in [5, 5.41) is 3.38. The van der Waals surface area contributed by atoms with Crippen LogP contribution >= 0.6 is 0 Å². The van der Waals surface area contributed by atoms with E-state index in [4.69, 9.17) is 0 Å². The molecule has 102 valence electrons. The fourth-order valence-corrected chi connectivity index (χ4v) is 1.52. The molecule has 0 saturated carbocycles. The van der Waals surface area contributed by atoms with E-state index in [1.807, 2.05) is 6.92 Å². The lowest BCUT2D eigenvalue weighted by Gasteiger charge is -2.31. The van der Waals surface area contributed by atoms with Gasteiger partial charge in [0, 0.05) is 12.6 Å². The molecule has 0 amide bonds. The van der Waals surface area contributed by atoms with E-state index in [1.165, 1.54) is 12.1 Å². The van der Waals surface area contributed by atoms with E-state index < -0.39 is 11.6 Å². The van der Waals surface area contributed by atoms with Crippen molar-refractivity contribution in [2.45, 2.75) is 40.7 Å². The van der Waals surface area contributed by atoms with Gasteiger partial charge in [-0.2, -0.15) is 0 Å². The predicted octanol–water partition coefficient (Wildman–Crippen LogP) is 4.30. The van der Waals surface area contributed by atoms with Crippen LogP contribution in [-0.2, 0) is 0 Å². The maximum absolute atomic E-state index is 13.1. The van der Waals surface area contributed by atoms with Crippen LogP contribution in [0.1, 0.15) is 46.2 Å². The third-order valence-corrected chi connectivity index (χ3v) is 3.87. The summed E-state index contributed by atoms with van der Waals surface area (Å²) in [5.74, 6) is -1.03. The molecule has 0 aliphatic rings. The molecule has 3 heteroatoms. The lowest BCUT2D eigenvalue weighted by Crippen LogP contribution is -2.34. The molecule has 0 aliphatic carbocycles. The Balaban J connectivity index is 2.66. The van der Waals surface area contributed by atoms with Crippen molar-refractivity contribution in [1.82, 2.24) is 5.32 Å². The Morgan fingerprint density at radius 1 is 1.11 bits per heavy atom. The summed E-state index contributed by atoms with van der Waals surface area (Å²) >= 11 is 0. The molecule has 1 rings (SSSR count). The van der Waals surface area contributed by atoms with E-state index >= 15 is 0 Å². The Morgan fingerprint density at radius 3 is 2.22 bits per heavy atom. The van der Waals surface area contributed by atoms with E-state index in [0.29, 0.717) is 5.92 Å². The zero-order chi connectivity index (χ0) is 13.9. The average Bonchev–Trinajstić information content (AvgIpc) is 2.29. The minimum atomic E-state index is -0.798. The lowest BCUT2D eigenvalue weighted by atomic mass is 9.81. The standard InChI is InChI=1S/C15H23F2N/c1-10(2)15(4,5)9-18-11(3)12-6-7-13(16)14(17)8-12/h6-8,10-11,18H,9H2,1-5H3. The quantitative estimate of drug-likeness (QED) is 0.827. The first-order valence-corrected chi connectivity index (χ1v) is 6.42. The van der Waals surface area contributed by atoms with E-state index in [9.17, 15) is 8.78 Å². The Kier molecular flexibility index (Phi) is 4.85. The minimum Gasteiger partial charge on any atom is -0.310 e. The summed E-state index contributed by atoms with van der Waals surface area (Å²) in [6.07, 6.45) is 0. The molecule has 0 radical (unpaired) electrons. The third-order valence-electron chi connectivity index (χ3n) is 3.87. The van der Waals surface area contributed by atoms with E-state index in [0.717, 1.165) is 12.1 Å². The van der Waals surface area contributed by atoms with Crippen molar-refractivity contribution in [3.05, 3.63) is 35.4 Å². The van der Waals surface area contributed by atoms with E-state index in [2.05, 4.69) is 33.0 Å². The molecule has 1 aromatic carbocycles. The van der Waals surface area contributed by atoms with Crippen molar-refractivity contribution in [2.75, 3.05) is 6.54 Å². The van der Waals surface area contributed by atoms with Gasteiger partial charge < -0.3 is 5.32 Å². The van der Waals surface area contributed by atoms with Crippen LogP contribution in [0.5, 0.6) is 0 Å². The van der Waals surface area contributed by atoms with Gasteiger partial charge in [0.1, 0.15) is 0 Å². The van der Waals surface area contributed by atoms with Gasteiger partial charge in [-0.25, -0.2) is 8.78 Å². The van der Waals surface area contributed by atoms with Crippen LogP contribution in [0.4, 0.5) is 8.78 Å². The average molecular weight is 255 g/mol. The van der Waals surface area contributed by atoms with Gasteiger partial charge in [0.25, 0.3) is 0 Å². The summed E-state index contributed by atoms with van der Waals surface area (Å²) < 4.78 is 26.0. The largest absolute Gasteiger partial charge is 0.310 e. The molecule has 0 aliphatic heterocycles. The second kappa shape index (κ2) is 5.79. The summed E-state index contributed by atoms with van der Waals surface area (Å²) in [6.45, 7) is 11.6. The van der Waals surface area contributed by atoms with E-state index in [1.54, 1.807) is 6.07 Å². The number of halogens is 2. The van der Waals surface area contributed by atoms with Crippen molar-refractivity contribution in [3.8, 4) is 0 Å². The smallest absolute Gasteiger partial charge is 0.159 e. The summed E-state index contributed by atoms with van der Waals surface area (Å²) in [4.78, 5) is 0. The van der Waals surface area contributed by atoms with E-state index in [-0.39, 0.29) is 11.5 Å². The Bertz CT molecular complexity index is 399. The minimum absolute atomic E-state index is 0.0122. The molecule has 1 N–H and O–H groups in total. The van der Waals surface area contributed by atoms with Crippen LogP contribution in [0.2, 0.25) is 0 Å². The molecule has 0 bridgehead atoms. The highest BCUT2D eigenvalue weighted by Crippen LogP contribution is 2.26. The van der Waals surface area contributed by atoms with Crippen molar-refractivity contribution in [1.29, 1.82) is 0 Å². The molecule has 0 heterocycles. The highest BCUT2D eigenvalue weighted by atomic mass is 19.2.